The molecule has 1 saturated carbocycles. The summed E-state index contributed by atoms with van der Waals surface area (Å²) in [5.41, 5.74) is -0.108. The van der Waals surface area contributed by atoms with Crippen LogP contribution >= 0.6 is 0 Å². The number of hydrogen-bond donors (Lipinski definition) is 2. The molecule has 0 aromatic heterocycles. The molecule has 0 radical (unpaired) electrons. The van der Waals surface area contributed by atoms with Crippen molar-refractivity contribution in [2.75, 3.05) is 6.54 Å². The van der Waals surface area contributed by atoms with Gasteiger partial charge in [-0.1, -0.05) is 27.7 Å². The molecule has 0 heterocycles. The fourth-order valence-corrected chi connectivity index (χ4v) is 3.02. The van der Waals surface area contributed by atoms with Crippen LogP contribution in [0.15, 0.2) is 0 Å². The van der Waals surface area contributed by atoms with Gasteiger partial charge in [0.25, 0.3) is 0 Å². The lowest BCUT2D eigenvalue weighted by atomic mass is 9.63. The van der Waals surface area contributed by atoms with Crippen molar-refractivity contribution >= 4 is 0 Å². The molecule has 0 aromatic rings. The van der Waals surface area contributed by atoms with E-state index in [-0.39, 0.29) is 6.04 Å². The first kappa shape index (κ1) is 13.0. The average molecular weight is 213 g/mol. The van der Waals surface area contributed by atoms with E-state index in [2.05, 4.69) is 39.9 Å². The Morgan fingerprint density at radius 2 is 2.00 bits per heavy atom. The molecule has 90 valence electrons. The highest BCUT2D eigenvalue weighted by Crippen LogP contribution is 2.45. The Labute approximate surface area is 94.5 Å². The fraction of sp³-hybridized carbons (Fsp3) is 1.00. The lowest BCUT2D eigenvalue weighted by Crippen LogP contribution is -2.56. The Hall–Kier alpha value is -0.0800. The highest BCUT2D eigenvalue weighted by atomic mass is 16.3. The number of likely N-dealkylation sites (N-methyl/N-ethyl adjacent to an activating group) is 1. The van der Waals surface area contributed by atoms with Gasteiger partial charge in [0.1, 0.15) is 0 Å². The van der Waals surface area contributed by atoms with Gasteiger partial charge in [0.15, 0.2) is 0 Å². The van der Waals surface area contributed by atoms with Crippen LogP contribution in [0.4, 0.5) is 0 Å². The van der Waals surface area contributed by atoms with E-state index < -0.39 is 5.60 Å². The van der Waals surface area contributed by atoms with Crippen LogP contribution in [0, 0.1) is 11.3 Å². The van der Waals surface area contributed by atoms with E-state index in [0.717, 1.165) is 25.8 Å². The van der Waals surface area contributed by atoms with Crippen molar-refractivity contribution in [1.82, 2.24) is 5.32 Å². The topological polar surface area (TPSA) is 32.3 Å². The normalized spacial score (nSPS) is 37.6. The van der Waals surface area contributed by atoms with Gasteiger partial charge in [0.2, 0.25) is 0 Å². The van der Waals surface area contributed by atoms with Gasteiger partial charge < -0.3 is 10.4 Å². The molecule has 0 aromatic carbocycles. The van der Waals surface area contributed by atoms with Gasteiger partial charge in [0, 0.05) is 6.04 Å². The molecule has 2 nitrogen and oxygen atoms in total. The maximum absolute atomic E-state index is 10.7. The third kappa shape index (κ3) is 2.73. The molecule has 0 aliphatic heterocycles. The smallest absolute Gasteiger partial charge is 0.0823 e. The molecule has 1 fully saturated rings. The highest BCUT2D eigenvalue weighted by molar-refractivity contribution is 4.99. The summed E-state index contributed by atoms with van der Waals surface area (Å²) in [5.74, 6) is 0.385. The van der Waals surface area contributed by atoms with E-state index in [1.807, 2.05) is 0 Å². The molecule has 0 spiro atoms. The van der Waals surface area contributed by atoms with Crippen molar-refractivity contribution in [3.63, 3.8) is 0 Å². The first-order chi connectivity index (χ1) is 6.82. The van der Waals surface area contributed by atoms with Crippen LogP contribution < -0.4 is 5.32 Å². The Morgan fingerprint density at radius 3 is 2.47 bits per heavy atom. The van der Waals surface area contributed by atoms with Crippen LogP contribution in [-0.4, -0.2) is 23.3 Å². The van der Waals surface area contributed by atoms with Crippen LogP contribution in [0.5, 0.6) is 0 Å². The predicted octanol–water partition coefficient (Wildman–Crippen LogP) is 2.56. The lowest BCUT2D eigenvalue weighted by molar-refractivity contribution is -0.0920. The van der Waals surface area contributed by atoms with Crippen molar-refractivity contribution in [2.24, 2.45) is 11.3 Å². The van der Waals surface area contributed by atoms with Crippen LogP contribution in [0.25, 0.3) is 0 Å². The van der Waals surface area contributed by atoms with Crippen LogP contribution in [-0.2, 0) is 0 Å². The highest BCUT2D eigenvalue weighted by Gasteiger charge is 2.45. The van der Waals surface area contributed by atoms with E-state index in [1.165, 1.54) is 0 Å². The third-order valence-electron chi connectivity index (χ3n) is 4.17. The molecule has 0 bridgehead atoms. The lowest BCUT2D eigenvalue weighted by Gasteiger charge is -2.48. The molecule has 0 saturated heterocycles. The van der Waals surface area contributed by atoms with Crippen LogP contribution in [0.2, 0.25) is 0 Å². The third-order valence-corrected chi connectivity index (χ3v) is 4.17. The zero-order chi connectivity index (χ0) is 11.7. The molecule has 15 heavy (non-hydrogen) atoms. The number of hydrogen-bond acceptors (Lipinski definition) is 2. The number of nitrogens with one attached hydrogen (secondary N) is 1. The Morgan fingerprint density at radius 1 is 1.40 bits per heavy atom. The molecule has 3 unspecified atom stereocenters. The monoisotopic (exact) mass is 213 g/mol. The average Bonchev–Trinajstić information content (AvgIpc) is 2.12. The summed E-state index contributed by atoms with van der Waals surface area (Å²) in [6.07, 6.45) is 3.18. The van der Waals surface area contributed by atoms with Gasteiger partial charge in [-0.25, -0.2) is 0 Å². The Kier molecular flexibility index (Phi) is 3.83. The fourth-order valence-electron chi connectivity index (χ4n) is 3.02. The molecule has 1 aliphatic rings. The molecule has 2 heteroatoms. The largest absolute Gasteiger partial charge is 0.388 e. The van der Waals surface area contributed by atoms with E-state index >= 15 is 0 Å². The van der Waals surface area contributed by atoms with Crippen LogP contribution in [0.3, 0.4) is 0 Å². The standard InChI is InChI=1S/C13H27NO/c1-6-14-11(3)13(15)8-7-12(4,5)9-10(13)2/h10-11,14-15H,6-9H2,1-5H3. The molecule has 0 amide bonds. The summed E-state index contributed by atoms with van der Waals surface area (Å²) in [5, 5.41) is 14.1. The maximum atomic E-state index is 10.7. The molecule has 1 aliphatic carbocycles. The van der Waals surface area contributed by atoms with Gasteiger partial charge in [-0.15, -0.1) is 0 Å². The van der Waals surface area contributed by atoms with Gasteiger partial charge in [-0.3, -0.25) is 0 Å². The quantitative estimate of drug-likeness (QED) is 0.755. The summed E-state index contributed by atoms with van der Waals surface area (Å²) in [4.78, 5) is 0. The summed E-state index contributed by atoms with van der Waals surface area (Å²) < 4.78 is 0. The van der Waals surface area contributed by atoms with Gasteiger partial charge in [-0.2, -0.15) is 0 Å². The second-order valence-corrected chi connectivity index (χ2v) is 6.04. The summed E-state index contributed by atoms with van der Waals surface area (Å²) in [6.45, 7) is 11.9. The molecule has 3 atom stereocenters. The summed E-state index contributed by atoms with van der Waals surface area (Å²) in [6, 6.07) is 0.202. The van der Waals surface area contributed by atoms with E-state index in [4.69, 9.17) is 0 Å². The van der Waals surface area contributed by atoms with Crippen molar-refractivity contribution in [2.45, 2.75) is 65.5 Å². The summed E-state index contributed by atoms with van der Waals surface area (Å²) >= 11 is 0. The molecular formula is C13H27NO. The molecule has 1 rings (SSSR count). The van der Waals surface area contributed by atoms with Crippen molar-refractivity contribution in [1.29, 1.82) is 0 Å². The second kappa shape index (κ2) is 4.42. The minimum absolute atomic E-state index is 0.202. The van der Waals surface area contributed by atoms with Gasteiger partial charge >= 0.3 is 0 Å². The second-order valence-electron chi connectivity index (χ2n) is 6.04. The van der Waals surface area contributed by atoms with E-state index in [9.17, 15) is 5.11 Å². The number of aliphatic hydroxyl groups is 1. The minimum Gasteiger partial charge on any atom is -0.388 e. The van der Waals surface area contributed by atoms with Crippen molar-refractivity contribution in [3.8, 4) is 0 Å². The van der Waals surface area contributed by atoms with Crippen LogP contribution in [0.1, 0.15) is 53.9 Å². The molecular weight excluding hydrogens is 186 g/mol. The minimum atomic E-state index is -0.508. The van der Waals surface area contributed by atoms with Gasteiger partial charge in [0.05, 0.1) is 5.60 Å². The zero-order valence-corrected chi connectivity index (χ0v) is 10.9. The Bertz CT molecular complexity index is 215. The SMILES string of the molecule is CCNC(C)C1(O)CCC(C)(C)CC1C. The zero-order valence-electron chi connectivity index (χ0n) is 10.9. The van der Waals surface area contributed by atoms with Gasteiger partial charge in [-0.05, 0) is 44.1 Å². The molecule has 2 N–H and O–H groups in total. The summed E-state index contributed by atoms with van der Waals surface area (Å²) in [7, 11) is 0. The van der Waals surface area contributed by atoms with Crippen molar-refractivity contribution < 1.29 is 5.11 Å². The van der Waals surface area contributed by atoms with Crippen molar-refractivity contribution in [3.05, 3.63) is 0 Å². The first-order valence-electron chi connectivity index (χ1n) is 6.27. The maximum Gasteiger partial charge on any atom is 0.0823 e. The van der Waals surface area contributed by atoms with E-state index in [1.54, 1.807) is 0 Å². The van der Waals surface area contributed by atoms with E-state index in [0.29, 0.717) is 11.3 Å². The first-order valence-corrected chi connectivity index (χ1v) is 6.27. The Balaban J connectivity index is 2.70. The predicted molar refractivity (Wildman–Crippen MR) is 64.9 cm³/mol. The number of rotatable bonds is 3.